The van der Waals surface area contributed by atoms with E-state index in [0.29, 0.717) is 37.0 Å². The zero-order chi connectivity index (χ0) is 24.5. The van der Waals surface area contributed by atoms with Gasteiger partial charge in [0.05, 0.1) is 25.2 Å². The fourth-order valence-corrected chi connectivity index (χ4v) is 6.30. The Labute approximate surface area is 198 Å². The van der Waals surface area contributed by atoms with E-state index in [-0.39, 0.29) is 35.9 Å². The first-order chi connectivity index (χ1) is 16.3. The van der Waals surface area contributed by atoms with Crippen LogP contribution in [0.2, 0.25) is 0 Å². The molecule has 0 unspecified atom stereocenters. The molecule has 1 amide bonds. The maximum Gasteiger partial charge on any atom is 0.243 e. The third kappa shape index (κ3) is 4.61. The van der Waals surface area contributed by atoms with Crippen molar-refractivity contribution in [2.24, 2.45) is 5.92 Å². The molecule has 1 atom stereocenters. The van der Waals surface area contributed by atoms with Crippen molar-refractivity contribution in [2.75, 3.05) is 33.9 Å². The van der Waals surface area contributed by atoms with Crippen molar-refractivity contribution in [3.63, 3.8) is 0 Å². The van der Waals surface area contributed by atoms with Crippen LogP contribution in [0.25, 0.3) is 0 Å². The summed E-state index contributed by atoms with van der Waals surface area (Å²) in [6.45, 7) is 0.897. The Hall–Kier alpha value is -2.72. The van der Waals surface area contributed by atoms with Crippen LogP contribution in [0.4, 0.5) is 8.78 Å². The first-order valence-electron chi connectivity index (χ1n) is 11.2. The second-order valence-electron chi connectivity index (χ2n) is 8.55. The molecule has 2 saturated heterocycles. The van der Waals surface area contributed by atoms with E-state index in [1.807, 2.05) is 23.1 Å². The lowest BCUT2D eigenvalue weighted by Gasteiger charge is -2.34. The van der Waals surface area contributed by atoms with Crippen molar-refractivity contribution in [2.45, 2.75) is 36.6 Å². The monoisotopic (exact) mass is 494 g/mol. The SMILES string of the molecule is COc1ccc(OC)c([C@@H]2CCCN2C(=O)C2CCN(S(=O)(=O)c3ccc(F)c(F)c3)CC2)c1. The molecule has 4 rings (SSSR count). The molecule has 0 saturated carbocycles. The van der Waals surface area contributed by atoms with Gasteiger partial charge in [0, 0.05) is 31.1 Å². The fourth-order valence-electron chi connectivity index (χ4n) is 4.82. The number of sulfonamides is 1. The molecule has 2 heterocycles. The summed E-state index contributed by atoms with van der Waals surface area (Å²) < 4.78 is 64.6. The largest absolute Gasteiger partial charge is 0.497 e. The number of benzene rings is 2. The van der Waals surface area contributed by atoms with Crippen molar-refractivity contribution in [1.29, 1.82) is 0 Å². The Balaban J connectivity index is 1.46. The summed E-state index contributed by atoms with van der Waals surface area (Å²) in [6.07, 6.45) is 2.39. The molecule has 184 valence electrons. The first-order valence-corrected chi connectivity index (χ1v) is 12.7. The van der Waals surface area contributed by atoms with Gasteiger partial charge in [-0.05, 0) is 62.1 Å². The van der Waals surface area contributed by atoms with Crippen LogP contribution in [0.15, 0.2) is 41.3 Å². The molecule has 0 N–H and O–H groups in total. The first kappa shape index (κ1) is 24.4. The van der Waals surface area contributed by atoms with Crippen LogP contribution in [0.1, 0.15) is 37.3 Å². The maximum atomic E-state index is 13.6. The van der Waals surface area contributed by atoms with Gasteiger partial charge in [0.25, 0.3) is 0 Å². The smallest absolute Gasteiger partial charge is 0.243 e. The lowest BCUT2D eigenvalue weighted by Crippen LogP contribution is -2.44. The summed E-state index contributed by atoms with van der Waals surface area (Å²) >= 11 is 0. The predicted molar refractivity (Wildman–Crippen MR) is 121 cm³/mol. The number of hydrogen-bond acceptors (Lipinski definition) is 5. The van der Waals surface area contributed by atoms with Crippen LogP contribution in [0.3, 0.4) is 0 Å². The molecule has 2 aliphatic heterocycles. The highest BCUT2D eigenvalue weighted by atomic mass is 32.2. The van der Waals surface area contributed by atoms with Gasteiger partial charge in [0.1, 0.15) is 11.5 Å². The Kier molecular flexibility index (Phi) is 7.09. The Morgan fingerprint density at radius 3 is 2.32 bits per heavy atom. The average molecular weight is 495 g/mol. The predicted octanol–water partition coefficient (Wildman–Crippen LogP) is 3.75. The van der Waals surface area contributed by atoms with Crippen LogP contribution in [-0.2, 0) is 14.8 Å². The summed E-state index contributed by atoms with van der Waals surface area (Å²) in [5, 5.41) is 0. The third-order valence-electron chi connectivity index (χ3n) is 6.66. The van der Waals surface area contributed by atoms with Gasteiger partial charge in [-0.25, -0.2) is 17.2 Å². The molecule has 2 fully saturated rings. The molecule has 2 aliphatic rings. The van der Waals surface area contributed by atoms with E-state index in [9.17, 15) is 22.0 Å². The molecule has 2 aromatic carbocycles. The third-order valence-corrected chi connectivity index (χ3v) is 8.56. The van der Waals surface area contributed by atoms with E-state index < -0.39 is 21.7 Å². The molecule has 10 heteroatoms. The van der Waals surface area contributed by atoms with Gasteiger partial charge in [-0.15, -0.1) is 0 Å². The molecule has 0 spiro atoms. The molecule has 0 bridgehead atoms. The highest BCUT2D eigenvalue weighted by Crippen LogP contribution is 2.40. The van der Waals surface area contributed by atoms with Crippen LogP contribution >= 0.6 is 0 Å². The van der Waals surface area contributed by atoms with Crippen molar-refractivity contribution in [3.8, 4) is 11.5 Å². The Bertz CT molecular complexity index is 1170. The van der Waals surface area contributed by atoms with Crippen molar-refractivity contribution in [1.82, 2.24) is 9.21 Å². The minimum atomic E-state index is -3.97. The van der Waals surface area contributed by atoms with Crippen LogP contribution < -0.4 is 9.47 Å². The fraction of sp³-hybridized carbons (Fsp3) is 0.458. The lowest BCUT2D eigenvalue weighted by molar-refractivity contribution is -0.137. The second-order valence-corrected chi connectivity index (χ2v) is 10.5. The maximum absolute atomic E-state index is 13.6. The number of piperidine rings is 1. The molecule has 2 aromatic rings. The van der Waals surface area contributed by atoms with Crippen molar-refractivity contribution >= 4 is 15.9 Å². The van der Waals surface area contributed by atoms with Gasteiger partial charge >= 0.3 is 0 Å². The molecular weight excluding hydrogens is 466 g/mol. The number of hydrogen-bond donors (Lipinski definition) is 0. The van der Waals surface area contributed by atoms with Crippen LogP contribution in [-0.4, -0.2) is 57.4 Å². The van der Waals surface area contributed by atoms with E-state index in [0.717, 1.165) is 30.5 Å². The average Bonchev–Trinajstić information content (AvgIpc) is 3.34. The van der Waals surface area contributed by atoms with Crippen LogP contribution in [0, 0.1) is 17.6 Å². The Morgan fingerprint density at radius 1 is 0.941 bits per heavy atom. The number of amides is 1. The van der Waals surface area contributed by atoms with Gasteiger partial charge in [0.2, 0.25) is 15.9 Å². The number of carbonyl (C=O) groups excluding carboxylic acids is 1. The van der Waals surface area contributed by atoms with Crippen LogP contribution in [0.5, 0.6) is 11.5 Å². The highest BCUT2D eigenvalue weighted by Gasteiger charge is 2.38. The summed E-state index contributed by atoms with van der Waals surface area (Å²) in [5.41, 5.74) is 0.894. The van der Waals surface area contributed by atoms with E-state index >= 15 is 0 Å². The van der Waals surface area contributed by atoms with Gasteiger partial charge < -0.3 is 14.4 Å². The van der Waals surface area contributed by atoms with Crippen molar-refractivity contribution in [3.05, 3.63) is 53.6 Å². The van der Waals surface area contributed by atoms with E-state index in [2.05, 4.69) is 0 Å². The quantitative estimate of drug-likeness (QED) is 0.612. The number of halogens is 2. The molecule has 7 nitrogen and oxygen atoms in total. The van der Waals surface area contributed by atoms with E-state index in [4.69, 9.17) is 9.47 Å². The zero-order valence-corrected chi connectivity index (χ0v) is 20.0. The number of rotatable bonds is 6. The molecule has 0 aliphatic carbocycles. The molecule has 0 radical (unpaired) electrons. The van der Waals surface area contributed by atoms with E-state index in [1.165, 1.54) is 4.31 Å². The summed E-state index contributed by atoms with van der Waals surface area (Å²) in [4.78, 5) is 15.0. The number of likely N-dealkylation sites (tertiary alicyclic amines) is 1. The summed E-state index contributed by atoms with van der Waals surface area (Å²) in [5.74, 6) is -1.25. The highest BCUT2D eigenvalue weighted by molar-refractivity contribution is 7.89. The minimum Gasteiger partial charge on any atom is -0.497 e. The number of carbonyl (C=O) groups is 1. The normalized spacial score (nSPS) is 19.9. The molecule has 34 heavy (non-hydrogen) atoms. The van der Waals surface area contributed by atoms with Gasteiger partial charge in [-0.1, -0.05) is 0 Å². The minimum absolute atomic E-state index is 0.00255. The lowest BCUT2D eigenvalue weighted by atomic mass is 9.95. The topological polar surface area (TPSA) is 76.2 Å². The number of ether oxygens (including phenoxy) is 2. The summed E-state index contributed by atoms with van der Waals surface area (Å²) in [6, 6.07) is 7.95. The molecule has 0 aromatic heterocycles. The number of methoxy groups -OCH3 is 2. The van der Waals surface area contributed by atoms with Gasteiger partial charge in [-0.2, -0.15) is 4.31 Å². The summed E-state index contributed by atoms with van der Waals surface area (Å²) in [7, 11) is -0.787. The van der Waals surface area contributed by atoms with Gasteiger partial charge in [-0.3, -0.25) is 4.79 Å². The molecular formula is C24H28F2N2O5S. The number of nitrogens with zero attached hydrogens (tertiary/aromatic N) is 2. The van der Waals surface area contributed by atoms with E-state index in [1.54, 1.807) is 14.2 Å². The Morgan fingerprint density at radius 2 is 1.68 bits per heavy atom. The zero-order valence-electron chi connectivity index (χ0n) is 19.2. The van der Waals surface area contributed by atoms with Gasteiger partial charge in [0.15, 0.2) is 11.6 Å². The standard InChI is InChI=1S/C24H28F2N2O5S/c1-32-17-5-8-23(33-2)19(14-17)22-4-3-11-28(22)24(29)16-9-12-27(13-10-16)34(30,31)18-6-7-20(25)21(26)15-18/h5-8,14-16,22H,3-4,9-13H2,1-2H3/t22-/m0/s1. The van der Waals surface area contributed by atoms with Crippen molar-refractivity contribution < 1.29 is 31.5 Å². The second kappa shape index (κ2) is 9.87.